The molecular weight excluding hydrogens is 588 g/mol. The number of benzene rings is 4. The van der Waals surface area contributed by atoms with Crippen molar-refractivity contribution >= 4 is 39.7 Å². The molecule has 11 nitrogen and oxygen atoms in total. The van der Waals surface area contributed by atoms with E-state index < -0.39 is 0 Å². The number of amides is 1. The molecular formula is C35H30N4O7. The third kappa shape index (κ3) is 5.85. The van der Waals surface area contributed by atoms with E-state index in [2.05, 4.69) is 10.4 Å². The van der Waals surface area contributed by atoms with Crippen LogP contribution in [0.3, 0.4) is 0 Å². The van der Waals surface area contributed by atoms with Crippen molar-refractivity contribution in [2.75, 3.05) is 33.3 Å². The van der Waals surface area contributed by atoms with E-state index in [1.807, 2.05) is 55.5 Å². The first-order chi connectivity index (χ1) is 22.4. The number of carbonyl (C=O) groups excluding carboxylic acids is 1. The summed E-state index contributed by atoms with van der Waals surface area (Å²) in [7, 11) is 4.53. The molecule has 2 heterocycles. The number of para-hydroxylation sites is 2. The van der Waals surface area contributed by atoms with Crippen LogP contribution in [0.1, 0.15) is 11.1 Å². The number of hydrogen-bond donors (Lipinski definition) is 1. The number of furan rings is 1. The number of rotatable bonds is 10. The maximum atomic E-state index is 13.7. The Balaban J connectivity index is 1.35. The zero-order chi connectivity index (χ0) is 32.2. The van der Waals surface area contributed by atoms with E-state index in [4.69, 9.17) is 28.3 Å². The highest BCUT2D eigenvalue weighted by Gasteiger charge is 2.19. The molecule has 0 aliphatic carbocycles. The molecule has 0 spiro atoms. The summed E-state index contributed by atoms with van der Waals surface area (Å²) < 4.78 is 29.8. The van der Waals surface area contributed by atoms with Crippen molar-refractivity contribution < 1.29 is 28.2 Å². The lowest BCUT2D eigenvalue weighted by Crippen LogP contribution is -2.21. The Labute approximate surface area is 263 Å². The van der Waals surface area contributed by atoms with Crippen molar-refractivity contribution in [3.8, 4) is 34.6 Å². The number of nitrogens with one attached hydrogen (secondary N) is 1. The molecule has 1 amide bonds. The van der Waals surface area contributed by atoms with Crippen molar-refractivity contribution in [2.45, 2.75) is 6.92 Å². The lowest BCUT2D eigenvalue weighted by Gasteiger charge is -2.15. The smallest absolute Gasteiger partial charge is 0.282 e. The number of aryl methyl sites for hydroxylation is 1. The van der Waals surface area contributed by atoms with Crippen LogP contribution >= 0.6 is 0 Å². The average Bonchev–Trinajstić information content (AvgIpc) is 3.52. The number of ether oxygens (including phenoxy) is 4. The van der Waals surface area contributed by atoms with Crippen LogP contribution in [0.2, 0.25) is 0 Å². The maximum absolute atomic E-state index is 13.7. The number of hydrogen-bond acceptors (Lipinski definition) is 9. The van der Waals surface area contributed by atoms with Gasteiger partial charge in [0.25, 0.3) is 11.5 Å². The standard InChI is InChI=1S/C35H30N4O7/c1-21-10-5-7-12-25(21)37-32(40)20-45-33-29(43-3)16-22(17-30(33)44-4)19-36-39-34(38-26-13-8-6-11-23(26)35(39)41)31-18-24-27(42-2)14-9-15-28(24)46-31/h5-19H,20H2,1-4H3,(H,37,40). The van der Waals surface area contributed by atoms with Gasteiger partial charge in [-0.05, 0) is 61.0 Å². The predicted molar refractivity (Wildman–Crippen MR) is 176 cm³/mol. The van der Waals surface area contributed by atoms with Crippen LogP contribution in [0, 0.1) is 6.92 Å². The molecule has 0 radical (unpaired) electrons. The van der Waals surface area contributed by atoms with Gasteiger partial charge in [-0.15, -0.1) is 0 Å². The summed E-state index contributed by atoms with van der Waals surface area (Å²) in [5, 5.41) is 8.49. The number of aromatic nitrogens is 2. The van der Waals surface area contributed by atoms with Crippen molar-refractivity contribution in [2.24, 2.45) is 5.10 Å². The largest absolute Gasteiger partial charge is 0.496 e. The molecule has 2 aromatic heterocycles. The second kappa shape index (κ2) is 12.9. The molecule has 232 valence electrons. The number of methoxy groups -OCH3 is 3. The van der Waals surface area contributed by atoms with Crippen LogP contribution in [0.4, 0.5) is 5.69 Å². The molecule has 11 heteroatoms. The Kier molecular flexibility index (Phi) is 8.38. The molecule has 0 atom stereocenters. The second-order valence-corrected chi connectivity index (χ2v) is 10.2. The minimum absolute atomic E-state index is 0.205. The van der Waals surface area contributed by atoms with Crippen LogP contribution in [-0.4, -0.2) is 49.7 Å². The molecule has 0 aliphatic rings. The molecule has 0 saturated carbocycles. The van der Waals surface area contributed by atoms with Gasteiger partial charge < -0.3 is 28.7 Å². The monoisotopic (exact) mass is 618 g/mol. The highest BCUT2D eigenvalue weighted by molar-refractivity contribution is 5.93. The lowest BCUT2D eigenvalue weighted by molar-refractivity contribution is -0.118. The van der Waals surface area contributed by atoms with E-state index in [9.17, 15) is 9.59 Å². The van der Waals surface area contributed by atoms with Crippen LogP contribution < -0.4 is 29.8 Å². The number of anilines is 1. The summed E-state index contributed by atoms with van der Waals surface area (Å²) in [5.74, 6) is 1.67. The third-order valence-corrected chi connectivity index (χ3v) is 7.29. The van der Waals surface area contributed by atoms with Gasteiger partial charge in [-0.25, -0.2) is 4.98 Å². The Morgan fingerprint density at radius 2 is 1.61 bits per heavy atom. The fourth-order valence-electron chi connectivity index (χ4n) is 4.99. The molecule has 6 rings (SSSR count). The molecule has 6 aromatic rings. The maximum Gasteiger partial charge on any atom is 0.282 e. The summed E-state index contributed by atoms with van der Waals surface area (Å²) in [4.78, 5) is 31.1. The van der Waals surface area contributed by atoms with Crippen LogP contribution in [-0.2, 0) is 4.79 Å². The van der Waals surface area contributed by atoms with Crippen molar-refractivity contribution in [3.05, 3.63) is 106 Å². The van der Waals surface area contributed by atoms with Gasteiger partial charge in [0.05, 0.1) is 43.8 Å². The van der Waals surface area contributed by atoms with E-state index >= 15 is 0 Å². The number of fused-ring (bicyclic) bond motifs is 2. The van der Waals surface area contributed by atoms with Gasteiger partial charge in [-0.2, -0.15) is 9.78 Å². The van der Waals surface area contributed by atoms with E-state index in [1.165, 1.54) is 25.1 Å². The zero-order valence-corrected chi connectivity index (χ0v) is 25.6. The van der Waals surface area contributed by atoms with E-state index in [1.54, 1.807) is 43.5 Å². The third-order valence-electron chi connectivity index (χ3n) is 7.29. The van der Waals surface area contributed by atoms with Crippen LogP contribution in [0.25, 0.3) is 33.5 Å². The van der Waals surface area contributed by atoms with Gasteiger partial charge in [0.2, 0.25) is 11.6 Å². The summed E-state index contributed by atoms with van der Waals surface area (Å²) in [5.41, 5.74) is 2.84. The SMILES string of the molecule is COc1cc(C=Nn2c(-c3cc4c(OC)cccc4o3)nc3ccccc3c2=O)cc(OC)c1OCC(=O)Nc1ccccc1C. The van der Waals surface area contributed by atoms with E-state index in [-0.39, 0.29) is 29.6 Å². The highest BCUT2D eigenvalue weighted by atomic mass is 16.5. The first-order valence-electron chi connectivity index (χ1n) is 14.3. The second-order valence-electron chi connectivity index (χ2n) is 10.2. The Bertz CT molecular complexity index is 2140. The summed E-state index contributed by atoms with van der Waals surface area (Å²) in [6.07, 6.45) is 1.48. The fraction of sp³-hybridized carbons (Fsp3) is 0.143. The normalized spacial score (nSPS) is 11.2. The average molecular weight is 619 g/mol. The Morgan fingerprint density at radius 3 is 2.35 bits per heavy atom. The van der Waals surface area contributed by atoms with Crippen LogP contribution in [0.5, 0.6) is 23.0 Å². The van der Waals surface area contributed by atoms with Crippen LogP contribution in [0.15, 0.2) is 99.2 Å². The van der Waals surface area contributed by atoms with Crippen molar-refractivity contribution in [1.82, 2.24) is 9.66 Å². The summed E-state index contributed by atoms with van der Waals surface area (Å²) in [6.45, 7) is 1.62. The Hall–Kier alpha value is -6.10. The number of carbonyl (C=O) groups is 1. The van der Waals surface area contributed by atoms with Gasteiger partial charge in [-0.1, -0.05) is 36.4 Å². The van der Waals surface area contributed by atoms with E-state index in [0.717, 1.165) is 10.9 Å². The van der Waals surface area contributed by atoms with Gasteiger partial charge in [-0.3, -0.25) is 9.59 Å². The van der Waals surface area contributed by atoms with Gasteiger partial charge >= 0.3 is 0 Å². The highest BCUT2D eigenvalue weighted by Crippen LogP contribution is 2.38. The van der Waals surface area contributed by atoms with E-state index in [0.29, 0.717) is 50.7 Å². The molecule has 1 N–H and O–H groups in total. The summed E-state index contributed by atoms with van der Waals surface area (Å²) in [6, 6.07) is 25.0. The lowest BCUT2D eigenvalue weighted by atomic mass is 10.2. The minimum Gasteiger partial charge on any atom is -0.496 e. The topological polar surface area (TPSA) is 126 Å². The molecule has 0 aliphatic heterocycles. The van der Waals surface area contributed by atoms with Gasteiger partial charge in [0.15, 0.2) is 23.9 Å². The van der Waals surface area contributed by atoms with Gasteiger partial charge in [0, 0.05) is 11.3 Å². The quantitative estimate of drug-likeness (QED) is 0.184. The molecule has 0 unspecified atom stereocenters. The van der Waals surface area contributed by atoms with Gasteiger partial charge in [0.1, 0.15) is 11.3 Å². The first-order valence-corrected chi connectivity index (χ1v) is 14.3. The first kappa shape index (κ1) is 29.9. The minimum atomic E-state index is -0.386. The number of nitrogens with zero attached hydrogens (tertiary/aromatic N) is 3. The molecule has 0 fully saturated rings. The molecule has 0 bridgehead atoms. The Morgan fingerprint density at radius 1 is 0.891 bits per heavy atom. The molecule has 0 saturated heterocycles. The fourth-order valence-corrected chi connectivity index (χ4v) is 4.99. The zero-order valence-electron chi connectivity index (χ0n) is 25.6. The van der Waals surface area contributed by atoms with Crippen molar-refractivity contribution in [3.63, 3.8) is 0 Å². The van der Waals surface area contributed by atoms with Crippen molar-refractivity contribution in [1.29, 1.82) is 0 Å². The molecule has 46 heavy (non-hydrogen) atoms. The predicted octanol–water partition coefficient (Wildman–Crippen LogP) is 6.04. The molecule has 4 aromatic carbocycles. The summed E-state index contributed by atoms with van der Waals surface area (Å²) >= 11 is 0.